The molecule has 0 saturated carbocycles. The van der Waals surface area contributed by atoms with E-state index < -0.39 is 17.2 Å². The number of hydrogen-bond donors (Lipinski definition) is 1. The molecule has 0 radical (unpaired) electrons. The Kier molecular flexibility index (Phi) is 4.96. The molecule has 0 spiro atoms. The zero-order valence-electron chi connectivity index (χ0n) is 12.9. The molecule has 0 atom stereocenters. The fourth-order valence-corrected chi connectivity index (χ4v) is 2.56. The average molecular weight is 305 g/mol. The van der Waals surface area contributed by atoms with Crippen LogP contribution in [0.3, 0.4) is 0 Å². The number of benzene rings is 1. The Hall–Kier alpha value is -2.17. The lowest BCUT2D eigenvalue weighted by Crippen LogP contribution is -2.19. The number of aryl methyl sites for hydroxylation is 2. The Bertz CT molecular complexity index is 765. The van der Waals surface area contributed by atoms with Crippen molar-refractivity contribution in [3.05, 3.63) is 45.5 Å². The minimum Gasteiger partial charge on any atom is -0.477 e. The summed E-state index contributed by atoms with van der Waals surface area (Å²) >= 11 is 0. The van der Waals surface area contributed by atoms with Crippen LogP contribution in [0.2, 0.25) is 0 Å². The zero-order chi connectivity index (χ0) is 16.3. The smallest absolute Gasteiger partial charge is 0.341 e. The molecule has 0 fully saturated rings. The number of carboxylic acids is 1. The third kappa shape index (κ3) is 3.18. The highest BCUT2D eigenvalue weighted by molar-refractivity contribution is 5.92. The van der Waals surface area contributed by atoms with E-state index in [2.05, 4.69) is 6.92 Å². The van der Waals surface area contributed by atoms with Crippen LogP contribution in [0.4, 0.5) is 4.39 Å². The Morgan fingerprint density at radius 2 is 2.00 bits per heavy atom. The number of fused-ring (bicyclic) bond motifs is 1. The number of aromatic carboxylic acids is 1. The van der Waals surface area contributed by atoms with Crippen molar-refractivity contribution in [2.45, 2.75) is 46.1 Å². The van der Waals surface area contributed by atoms with Crippen molar-refractivity contribution in [3.63, 3.8) is 0 Å². The Balaban J connectivity index is 2.57. The summed E-state index contributed by atoms with van der Waals surface area (Å²) in [5.41, 5.74) is 0.0835. The summed E-state index contributed by atoms with van der Waals surface area (Å²) < 4.78 is 15.5. The van der Waals surface area contributed by atoms with Gasteiger partial charge in [-0.25, -0.2) is 9.18 Å². The number of unbranched alkanes of at least 4 members (excludes halogenated alkanes) is 3. The fourth-order valence-electron chi connectivity index (χ4n) is 2.56. The minimum absolute atomic E-state index is 0.124. The van der Waals surface area contributed by atoms with Gasteiger partial charge in [-0.3, -0.25) is 4.79 Å². The Morgan fingerprint density at radius 1 is 1.27 bits per heavy atom. The molecule has 5 heteroatoms. The third-order valence-corrected chi connectivity index (χ3v) is 3.84. The highest BCUT2D eigenvalue weighted by Gasteiger charge is 2.15. The summed E-state index contributed by atoms with van der Waals surface area (Å²) in [6.07, 6.45) is 5.51. The molecule has 0 aliphatic carbocycles. The largest absolute Gasteiger partial charge is 0.477 e. The van der Waals surface area contributed by atoms with E-state index in [1.165, 1.54) is 6.20 Å². The molecule has 0 aliphatic rings. The Labute approximate surface area is 128 Å². The molecule has 0 bridgehead atoms. The van der Waals surface area contributed by atoms with Gasteiger partial charge in [-0.1, -0.05) is 26.2 Å². The van der Waals surface area contributed by atoms with Crippen LogP contribution in [0.25, 0.3) is 10.9 Å². The van der Waals surface area contributed by atoms with Crippen LogP contribution >= 0.6 is 0 Å². The van der Waals surface area contributed by atoms with Gasteiger partial charge < -0.3 is 9.67 Å². The molecule has 2 rings (SSSR count). The Morgan fingerprint density at radius 3 is 2.64 bits per heavy atom. The second-order valence-corrected chi connectivity index (χ2v) is 5.55. The van der Waals surface area contributed by atoms with Crippen LogP contribution in [0.5, 0.6) is 0 Å². The second kappa shape index (κ2) is 6.73. The third-order valence-electron chi connectivity index (χ3n) is 3.84. The van der Waals surface area contributed by atoms with Crippen molar-refractivity contribution < 1.29 is 14.3 Å². The summed E-state index contributed by atoms with van der Waals surface area (Å²) in [6.45, 7) is 4.36. The molecule has 0 saturated heterocycles. The van der Waals surface area contributed by atoms with Crippen LogP contribution in [0.15, 0.2) is 23.1 Å². The normalized spacial score (nSPS) is 11.0. The summed E-state index contributed by atoms with van der Waals surface area (Å²) in [5, 5.41) is 9.30. The molecule has 0 aliphatic heterocycles. The average Bonchev–Trinajstić information content (AvgIpc) is 2.47. The van der Waals surface area contributed by atoms with Crippen LogP contribution in [0, 0.1) is 12.7 Å². The first kappa shape index (κ1) is 16.2. The van der Waals surface area contributed by atoms with Gasteiger partial charge in [0.15, 0.2) is 0 Å². The van der Waals surface area contributed by atoms with Gasteiger partial charge in [0, 0.05) is 18.1 Å². The van der Waals surface area contributed by atoms with Crippen molar-refractivity contribution >= 4 is 16.9 Å². The lowest BCUT2D eigenvalue weighted by atomic mass is 10.1. The first-order valence-electron chi connectivity index (χ1n) is 7.52. The SMILES string of the molecule is CCCCCCn1cc(C(=O)O)c(=O)c2cc(F)c(C)cc21. The van der Waals surface area contributed by atoms with Crippen molar-refractivity contribution in [2.75, 3.05) is 0 Å². The second-order valence-electron chi connectivity index (χ2n) is 5.55. The van der Waals surface area contributed by atoms with Crippen LogP contribution in [-0.2, 0) is 6.54 Å². The molecular weight excluding hydrogens is 285 g/mol. The predicted molar refractivity (Wildman–Crippen MR) is 84.0 cm³/mol. The van der Waals surface area contributed by atoms with Crippen molar-refractivity contribution in [3.8, 4) is 0 Å². The summed E-state index contributed by atoms with van der Waals surface area (Å²) in [7, 11) is 0. The van der Waals surface area contributed by atoms with Gasteiger partial charge in [0.2, 0.25) is 5.43 Å². The standard InChI is InChI=1S/C17H20FNO3/c1-3-4-5-6-7-19-10-13(17(21)22)16(20)12-9-14(18)11(2)8-15(12)19/h8-10H,3-7H2,1-2H3,(H,21,22). The maximum Gasteiger partial charge on any atom is 0.341 e. The number of rotatable bonds is 6. The van der Waals surface area contributed by atoms with Crippen molar-refractivity contribution in [2.24, 2.45) is 0 Å². The maximum absolute atomic E-state index is 13.7. The molecule has 4 nitrogen and oxygen atoms in total. The van der Waals surface area contributed by atoms with E-state index in [1.807, 2.05) is 0 Å². The highest BCUT2D eigenvalue weighted by atomic mass is 19.1. The molecule has 118 valence electrons. The van der Waals surface area contributed by atoms with Crippen LogP contribution < -0.4 is 5.43 Å². The van der Waals surface area contributed by atoms with Gasteiger partial charge >= 0.3 is 5.97 Å². The first-order valence-corrected chi connectivity index (χ1v) is 7.52. The maximum atomic E-state index is 13.7. The number of carbonyl (C=O) groups is 1. The predicted octanol–water partition coefficient (Wildman–Crippen LogP) is 3.73. The van der Waals surface area contributed by atoms with E-state index in [4.69, 9.17) is 0 Å². The number of pyridine rings is 1. The highest BCUT2D eigenvalue weighted by Crippen LogP contribution is 2.18. The molecule has 2 aromatic rings. The van der Waals surface area contributed by atoms with Gasteiger partial charge in [0.1, 0.15) is 11.4 Å². The molecule has 1 N–H and O–H groups in total. The van der Waals surface area contributed by atoms with Gasteiger partial charge in [-0.2, -0.15) is 0 Å². The molecule has 1 heterocycles. The lowest BCUT2D eigenvalue weighted by molar-refractivity contribution is 0.0695. The number of carboxylic acid groups (broad SMARTS) is 1. The summed E-state index contributed by atoms with van der Waals surface area (Å²) in [5.74, 6) is -1.78. The van der Waals surface area contributed by atoms with Gasteiger partial charge in [-0.15, -0.1) is 0 Å². The quantitative estimate of drug-likeness (QED) is 0.827. The van der Waals surface area contributed by atoms with E-state index >= 15 is 0 Å². The fraction of sp³-hybridized carbons (Fsp3) is 0.412. The molecular formula is C17H20FNO3. The molecule has 22 heavy (non-hydrogen) atoms. The van der Waals surface area contributed by atoms with E-state index in [0.29, 0.717) is 17.6 Å². The molecule has 1 aromatic heterocycles. The van der Waals surface area contributed by atoms with E-state index in [9.17, 15) is 19.1 Å². The zero-order valence-corrected chi connectivity index (χ0v) is 12.9. The number of aromatic nitrogens is 1. The van der Waals surface area contributed by atoms with E-state index in [1.54, 1.807) is 17.6 Å². The molecule has 0 amide bonds. The van der Waals surface area contributed by atoms with Crippen LogP contribution in [0.1, 0.15) is 48.5 Å². The van der Waals surface area contributed by atoms with E-state index in [-0.39, 0.29) is 10.9 Å². The lowest BCUT2D eigenvalue weighted by Gasteiger charge is -2.13. The summed E-state index contributed by atoms with van der Waals surface area (Å²) in [6, 6.07) is 2.75. The van der Waals surface area contributed by atoms with Crippen LogP contribution in [-0.4, -0.2) is 15.6 Å². The minimum atomic E-state index is -1.28. The van der Waals surface area contributed by atoms with E-state index in [0.717, 1.165) is 31.7 Å². The van der Waals surface area contributed by atoms with Crippen molar-refractivity contribution in [1.82, 2.24) is 4.57 Å². The topological polar surface area (TPSA) is 59.3 Å². The number of nitrogens with zero attached hydrogens (tertiary/aromatic N) is 1. The number of halogens is 1. The van der Waals surface area contributed by atoms with Gasteiger partial charge in [0.05, 0.1) is 5.52 Å². The van der Waals surface area contributed by atoms with Gasteiger partial charge in [-0.05, 0) is 31.0 Å². The summed E-state index contributed by atoms with van der Waals surface area (Å²) in [4.78, 5) is 23.4. The molecule has 1 aromatic carbocycles. The number of hydrogen-bond acceptors (Lipinski definition) is 2. The van der Waals surface area contributed by atoms with Gasteiger partial charge in [0.25, 0.3) is 0 Å². The monoisotopic (exact) mass is 305 g/mol. The molecule has 0 unspecified atom stereocenters. The van der Waals surface area contributed by atoms with Crippen molar-refractivity contribution in [1.29, 1.82) is 0 Å². The first-order chi connectivity index (χ1) is 10.5.